The summed E-state index contributed by atoms with van der Waals surface area (Å²) < 4.78 is 18.3. The number of halogens is 1. The molecule has 74 valence electrons. The van der Waals surface area contributed by atoms with Crippen molar-refractivity contribution in [1.82, 2.24) is 5.32 Å². The summed E-state index contributed by atoms with van der Waals surface area (Å²) in [7, 11) is 1.85. The molecule has 1 aliphatic rings. The minimum absolute atomic E-state index is 0.451. The molecule has 1 rings (SSSR count). The van der Waals surface area contributed by atoms with Crippen molar-refractivity contribution in [2.75, 3.05) is 20.2 Å². The number of hydrogen-bond acceptors (Lipinski definition) is 2. The van der Waals surface area contributed by atoms with Gasteiger partial charge in [-0.1, -0.05) is 0 Å². The Morgan fingerprint density at radius 1 is 1.69 bits per heavy atom. The number of likely N-dealkylation sites (N-methyl/N-ethyl adjacent to an activating group) is 1. The van der Waals surface area contributed by atoms with Crippen LogP contribution in [0.1, 0.15) is 13.3 Å². The van der Waals surface area contributed by atoms with Gasteiger partial charge in [-0.25, -0.2) is 4.39 Å². The lowest BCUT2D eigenvalue weighted by Crippen LogP contribution is -2.18. The maximum atomic E-state index is 13.0. The molecule has 0 saturated heterocycles. The normalized spacial score (nSPS) is 22.2. The van der Waals surface area contributed by atoms with Crippen LogP contribution in [-0.2, 0) is 4.74 Å². The third-order valence-electron chi connectivity index (χ3n) is 1.94. The summed E-state index contributed by atoms with van der Waals surface area (Å²) in [5.74, 6) is 0.825. The van der Waals surface area contributed by atoms with Crippen LogP contribution in [-0.4, -0.2) is 26.4 Å². The van der Waals surface area contributed by atoms with Gasteiger partial charge in [0.15, 0.2) is 0 Å². The second kappa shape index (κ2) is 5.02. The van der Waals surface area contributed by atoms with Gasteiger partial charge < -0.3 is 10.1 Å². The summed E-state index contributed by atoms with van der Waals surface area (Å²) in [6.45, 7) is 3.25. The predicted octanol–water partition coefficient (Wildman–Crippen LogP) is 1.79. The number of allylic oxidation sites excluding steroid dienone is 2. The average molecular weight is 185 g/mol. The van der Waals surface area contributed by atoms with E-state index in [1.807, 2.05) is 14.0 Å². The van der Waals surface area contributed by atoms with E-state index in [9.17, 15) is 4.39 Å². The van der Waals surface area contributed by atoms with E-state index in [1.165, 1.54) is 0 Å². The highest BCUT2D eigenvalue weighted by molar-refractivity contribution is 5.27. The highest BCUT2D eigenvalue weighted by Gasteiger charge is 2.15. The van der Waals surface area contributed by atoms with Gasteiger partial charge in [-0.2, -0.15) is 0 Å². The lowest BCUT2D eigenvalue weighted by atomic mass is 10.0. The molecule has 0 fully saturated rings. The zero-order chi connectivity index (χ0) is 9.68. The fourth-order valence-corrected chi connectivity index (χ4v) is 1.39. The molecule has 1 aliphatic carbocycles. The molecule has 1 unspecified atom stereocenters. The van der Waals surface area contributed by atoms with Gasteiger partial charge in [0.2, 0.25) is 0 Å². The third-order valence-corrected chi connectivity index (χ3v) is 1.94. The summed E-state index contributed by atoms with van der Waals surface area (Å²) in [5, 5.41) is 3.01. The molecule has 0 heterocycles. The van der Waals surface area contributed by atoms with Crippen molar-refractivity contribution in [3.8, 4) is 0 Å². The highest BCUT2D eigenvalue weighted by atomic mass is 19.1. The first-order valence-corrected chi connectivity index (χ1v) is 4.59. The maximum absolute atomic E-state index is 13.0. The van der Waals surface area contributed by atoms with Gasteiger partial charge in [0, 0.05) is 13.0 Å². The SMILES string of the molecule is CCOC1=C(CNC)CC(F)C=C1. The van der Waals surface area contributed by atoms with Crippen LogP contribution in [0.15, 0.2) is 23.5 Å². The molecular weight excluding hydrogens is 169 g/mol. The van der Waals surface area contributed by atoms with Gasteiger partial charge >= 0.3 is 0 Å². The van der Waals surface area contributed by atoms with E-state index in [4.69, 9.17) is 4.74 Å². The first kappa shape index (κ1) is 10.3. The van der Waals surface area contributed by atoms with Crippen molar-refractivity contribution >= 4 is 0 Å². The van der Waals surface area contributed by atoms with Gasteiger partial charge in [0.25, 0.3) is 0 Å². The summed E-state index contributed by atoms with van der Waals surface area (Å²) in [5.41, 5.74) is 1.01. The maximum Gasteiger partial charge on any atom is 0.123 e. The zero-order valence-corrected chi connectivity index (χ0v) is 8.14. The molecular formula is C10H16FNO. The Morgan fingerprint density at radius 2 is 2.46 bits per heavy atom. The highest BCUT2D eigenvalue weighted by Crippen LogP contribution is 2.21. The Kier molecular flexibility index (Phi) is 3.96. The summed E-state index contributed by atoms with van der Waals surface area (Å²) in [6, 6.07) is 0. The molecule has 0 aromatic rings. The molecule has 0 radical (unpaired) electrons. The van der Waals surface area contributed by atoms with Crippen molar-refractivity contribution in [2.24, 2.45) is 0 Å². The van der Waals surface area contributed by atoms with Crippen molar-refractivity contribution in [3.63, 3.8) is 0 Å². The van der Waals surface area contributed by atoms with Gasteiger partial charge in [0.1, 0.15) is 11.9 Å². The first-order chi connectivity index (χ1) is 6.27. The molecule has 1 N–H and O–H groups in total. The third kappa shape index (κ3) is 2.84. The Labute approximate surface area is 78.5 Å². The Morgan fingerprint density at radius 3 is 3.08 bits per heavy atom. The van der Waals surface area contributed by atoms with Crippen LogP contribution in [0.3, 0.4) is 0 Å². The fraction of sp³-hybridized carbons (Fsp3) is 0.600. The Hall–Kier alpha value is -0.830. The van der Waals surface area contributed by atoms with E-state index >= 15 is 0 Å². The van der Waals surface area contributed by atoms with Gasteiger partial charge in [-0.05, 0) is 31.7 Å². The van der Waals surface area contributed by atoms with E-state index in [0.717, 1.165) is 11.3 Å². The standard InChI is InChI=1S/C10H16FNO/c1-3-13-10-5-4-9(11)6-8(10)7-12-2/h4-5,9,12H,3,6-7H2,1-2H3. The second-order valence-electron chi connectivity index (χ2n) is 3.01. The molecule has 0 bridgehead atoms. The lowest BCUT2D eigenvalue weighted by molar-refractivity contribution is 0.231. The minimum Gasteiger partial charge on any atom is -0.494 e. The molecule has 13 heavy (non-hydrogen) atoms. The van der Waals surface area contributed by atoms with Gasteiger partial charge in [-0.3, -0.25) is 0 Å². The van der Waals surface area contributed by atoms with Crippen molar-refractivity contribution in [2.45, 2.75) is 19.5 Å². The minimum atomic E-state index is -0.854. The summed E-state index contributed by atoms with van der Waals surface area (Å²) >= 11 is 0. The van der Waals surface area contributed by atoms with Crippen LogP contribution in [0.5, 0.6) is 0 Å². The second-order valence-corrected chi connectivity index (χ2v) is 3.01. The zero-order valence-electron chi connectivity index (χ0n) is 8.14. The van der Waals surface area contributed by atoms with Crippen LogP contribution in [0.2, 0.25) is 0 Å². The van der Waals surface area contributed by atoms with Gasteiger partial charge in [0.05, 0.1) is 6.61 Å². The van der Waals surface area contributed by atoms with Crippen molar-refractivity contribution in [3.05, 3.63) is 23.5 Å². The van der Waals surface area contributed by atoms with E-state index < -0.39 is 6.17 Å². The Balaban J connectivity index is 2.69. The molecule has 1 atom stereocenters. The smallest absolute Gasteiger partial charge is 0.123 e. The number of ether oxygens (including phenoxy) is 1. The number of rotatable bonds is 4. The van der Waals surface area contributed by atoms with E-state index in [2.05, 4.69) is 5.32 Å². The van der Waals surface area contributed by atoms with E-state index in [0.29, 0.717) is 19.6 Å². The molecule has 2 nitrogen and oxygen atoms in total. The number of nitrogens with one attached hydrogen (secondary N) is 1. The Bertz CT molecular complexity index is 223. The van der Waals surface area contributed by atoms with E-state index in [1.54, 1.807) is 12.2 Å². The topological polar surface area (TPSA) is 21.3 Å². The van der Waals surface area contributed by atoms with Crippen molar-refractivity contribution < 1.29 is 9.13 Å². The summed E-state index contributed by atoms with van der Waals surface area (Å²) in [4.78, 5) is 0. The largest absolute Gasteiger partial charge is 0.494 e. The van der Waals surface area contributed by atoms with Crippen LogP contribution in [0.25, 0.3) is 0 Å². The molecule has 0 saturated carbocycles. The monoisotopic (exact) mass is 185 g/mol. The van der Waals surface area contributed by atoms with Gasteiger partial charge in [-0.15, -0.1) is 0 Å². The molecule has 0 amide bonds. The predicted molar refractivity (Wildman–Crippen MR) is 51.2 cm³/mol. The molecule has 0 aromatic heterocycles. The molecule has 0 aromatic carbocycles. The number of alkyl halides is 1. The summed E-state index contributed by atoms with van der Waals surface area (Å²) in [6.07, 6.45) is 2.87. The molecule has 0 spiro atoms. The first-order valence-electron chi connectivity index (χ1n) is 4.59. The fourth-order valence-electron chi connectivity index (χ4n) is 1.39. The number of hydrogen-bond donors (Lipinski definition) is 1. The average Bonchev–Trinajstić information content (AvgIpc) is 2.10. The quantitative estimate of drug-likeness (QED) is 0.721. The molecule has 0 aliphatic heterocycles. The van der Waals surface area contributed by atoms with Crippen LogP contribution in [0, 0.1) is 0 Å². The lowest BCUT2D eigenvalue weighted by Gasteiger charge is -2.17. The van der Waals surface area contributed by atoms with Crippen LogP contribution >= 0.6 is 0 Å². The molecule has 3 heteroatoms. The van der Waals surface area contributed by atoms with Crippen LogP contribution < -0.4 is 5.32 Å². The van der Waals surface area contributed by atoms with Crippen LogP contribution in [0.4, 0.5) is 4.39 Å². The van der Waals surface area contributed by atoms with Crippen molar-refractivity contribution in [1.29, 1.82) is 0 Å². The van der Waals surface area contributed by atoms with E-state index in [-0.39, 0.29) is 0 Å².